The van der Waals surface area contributed by atoms with E-state index in [9.17, 15) is 9.90 Å². The molecule has 1 aromatic carbocycles. The minimum Gasteiger partial charge on any atom is -0.387 e. The number of nitrogens with two attached hydrogens (primary N) is 1. The first-order chi connectivity index (χ1) is 11.0. The van der Waals surface area contributed by atoms with Crippen molar-refractivity contribution in [2.75, 3.05) is 6.54 Å². The Morgan fingerprint density at radius 3 is 2.48 bits per heavy atom. The lowest BCUT2D eigenvalue weighted by Crippen LogP contribution is -2.49. The van der Waals surface area contributed by atoms with Crippen molar-refractivity contribution < 1.29 is 9.90 Å². The maximum absolute atomic E-state index is 12.5. The average Bonchev–Trinajstić information content (AvgIpc) is 2.52. The zero-order valence-electron chi connectivity index (χ0n) is 13.9. The summed E-state index contributed by atoms with van der Waals surface area (Å²) in [6.07, 6.45) is 4.74. The number of amides is 1. The molecule has 1 aromatic rings. The van der Waals surface area contributed by atoms with E-state index in [-0.39, 0.29) is 24.4 Å². The average molecular weight is 316 g/mol. The lowest BCUT2D eigenvalue weighted by atomic mass is 9.65. The number of rotatable bonds is 4. The number of hydrogen-bond donors (Lipinski definition) is 3. The monoisotopic (exact) mass is 316 g/mol. The van der Waals surface area contributed by atoms with Crippen molar-refractivity contribution in [3.63, 3.8) is 0 Å². The highest BCUT2D eigenvalue weighted by Crippen LogP contribution is 2.41. The summed E-state index contributed by atoms with van der Waals surface area (Å²) in [6, 6.07) is 8.06. The first-order valence-corrected chi connectivity index (χ1v) is 8.82. The van der Waals surface area contributed by atoms with Crippen LogP contribution in [0.3, 0.4) is 0 Å². The molecule has 0 spiro atoms. The molecule has 2 aliphatic carbocycles. The maximum Gasteiger partial charge on any atom is 0.223 e. The van der Waals surface area contributed by atoms with Gasteiger partial charge < -0.3 is 16.2 Å². The highest BCUT2D eigenvalue weighted by molar-refractivity contribution is 5.78. The molecule has 2 bridgehead atoms. The summed E-state index contributed by atoms with van der Waals surface area (Å²) in [5, 5.41) is 13.2. The quantitative estimate of drug-likeness (QED) is 0.798. The highest BCUT2D eigenvalue weighted by atomic mass is 16.3. The smallest absolute Gasteiger partial charge is 0.223 e. The molecule has 2 saturated carbocycles. The molecule has 1 amide bonds. The summed E-state index contributed by atoms with van der Waals surface area (Å²) in [4.78, 5) is 12.5. The molecule has 23 heavy (non-hydrogen) atoms. The van der Waals surface area contributed by atoms with Crippen LogP contribution in [0, 0.1) is 24.7 Å². The molecule has 4 N–H and O–H groups in total. The molecule has 0 saturated heterocycles. The molecule has 0 aromatic heterocycles. The second-order valence-corrected chi connectivity index (χ2v) is 7.37. The molecule has 4 heteroatoms. The third kappa shape index (κ3) is 3.75. The Hall–Kier alpha value is -1.39. The van der Waals surface area contributed by atoms with E-state index in [1.165, 1.54) is 6.42 Å². The minimum absolute atomic E-state index is 0.0651. The number of fused-ring (bicyclic) bond motifs is 2. The molecule has 2 aliphatic rings. The van der Waals surface area contributed by atoms with Crippen molar-refractivity contribution in [1.82, 2.24) is 5.32 Å². The number of carbonyl (C=O) groups excluding carboxylic acids is 1. The lowest BCUT2D eigenvalue weighted by molar-refractivity contribution is -0.128. The number of hydrogen-bond acceptors (Lipinski definition) is 3. The predicted octanol–water partition coefficient (Wildman–Crippen LogP) is 2.30. The van der Waals surface area contributed by atoms with Gasteiger partial charge in [0, 0.05) is 18.5 Å². The van der Waals surface area contributed by atoms with Crippen molar-refractivity contribution in [3.8, 4) is 0 Å². The zero-order valence-corrected chi connectivity index (χ0v) is 13.9. The fraction of sp³-hybridized carbons (Fsp3) is 0.632. The molecule has 0 radical (unpaired) electrons. The molecule has 3 unspecified atom stereocenters. The molecule has 0 heterocycles. The van der Waals surface area contributed by atoms with Gasteiger partial charge in [-0.05, 0) is 50.0 Å². The normalized spacial score (nSPS) is 31.4. The predicted molar refractivity (Wildman–Crippen MR) is 90.7 cm³/mol. The third-order valence-electron chi connectivity index (χ3n) is 5.72. The Morgan fingerprint density at radius 1 is 1.26 bits per heavy atom. The van der Waals surface area contributed by atoms with Crippen molar-refractivity contribution in [3.05, 3.63) is 35.4 Å². The fourth-order valence-corrected chi connectivity index (χ4v) is 4.25. The van der Waals surface area contributed by atoms with Gasteiger partial charge in [0.2, 0.25) is 5.91 Å². The molecule has 126 valence electrons. The minimum atomic E-state index is -0.648. The van der Waals surface area contributed by atoms with Crippen molar-refractivity contribution in [1.29, 1.82) is 0 Å². The molecule has 0 aliphatic heterocycles. The van der Waals surface area contributed by atoms with Gasteiger partial charge >= 0.3 is 0 Å². The topological polar surface area (TPSA) is 75.3 Å². The summed E-state index contributed by atoms with van der Waals surface area (Å²) in [6.45, 7) is 2.29. The van der Waals surface area contributed by atoms with Gasteiger partial charge in [-0.1, -0.05) is 36.2 Å². The van der Waals surface area contributed by atoms with Crippen LogP contribution in [-0.2, 0) is 4.79 Å². The Labute approximate surface area is 138 Å². The van der Waals surface area contributed by atoms with E-state index in [0.29, 0.717) is 11.8 Å². The molecule has 3 rings (SSSR count). The summed E-state index contributed by atoms with van der Waals surface area (Å²) in [5.41, 5.74) is 8.29. The number of aliphatic hydroxyl groups is 1. The van der Waals surface area contributed by atoms with Crippen molar-refractivity contribution in [2.24, 2.45) is 23.5 Å². The van der Waals surface area contributed by atoms with Gasteiger partial charge in [-0.15, -0.1) is 0 Å². The molecular weight excluding hydrogens is 288 g/mol. The van der Waals surface area contributed by atoms with Crippen LogP contribution in [0.2, 0.25) is 0 Å². The lowest BCUT2D eigenvalue weighted by Gasteiger charge is -2.43. The van der Waals surface area contributed by atoms with E-state index < -0.39 is 6.10 Å². The molecular formula is C19H28N2O2. The summed E-state index contributed by atoms with van der Waals surface area (Å²) < 4.78 is 0. The van der Waals surface area contributed by atoms with Gasteiger partial charge in [0.15, 0.2) is 0 Å². The van der Waals surface area contributed by atoms with Gasteiger partial charge in [-0.3, -0.25) is 4.79 Å². The van der Waals surface area contributed by atoms with Crippen LogP contribution in [-0.4, -0.2) is 23.6 Å². The van der Waals surface area contributed by atoms with Gasteiger partial charge in [0.05, 0.1) is 6.10 Å². The Bertz CT molecular complexity index is 529. The second kappa shape index (κ2) is 7.02. The van der Waals surface area contributed by atoms with Crippen LogP contribution < -0.4 is 11.1 Å². The van der Waals surface area contributed by atoms with E-state index >= 15 is 0 Å². The van der Waals surface area contributed by atoms with Crippen LogP contribution in [0.5, 0.6) is 0 Å². The maximum atomic E-state index is 12.5. The summed E-state index contributed by atoms with van der Waals surface area (Å²) in [7, 11) is 0. The molecule has 2 fully saturated rings. The van der Waals surface area contributed by atoms with E-state index in [0.717, 1.165) is 36.8 Å². The van der Waals surface area contributed by atoms with E-state index in [4.69, 9.17) is 5.73 Å². The number of aliphatic hydroxyl groups excluding tert-OH is 1. The molecule has 4 nitrogen and oxygen atoms in total. The Balaban J connectivity index is 1.52. The van der Waals surface area contributed by atoms with Crippen LogP contribution in [0.4, 0.5) is 0 Å². The standard InChI is InChI=1S/C19H28N2O2/c1-12-5-7-13(8-6-12)17(22)11-21-19(23)16-9-14-3-2-4-15(10-16)18(14)20/h5-8,14-18,22H,2-4,9-11,20H2,1H3,(H,21,23). The van der Waals surface area contributed by atoms with E-state index in [1.54, 1.807) is 0 Å². The number of carbonyl (C=O) groups is 1. The van der Waals surface area contributed by atoms with Crippen molar-refractivity contribution in [2.45, 2.75) is 51.2 Å². The number of benzene rings is 1. The van der Waals surface area contributed by atoms with Crippen LogP contribution in [0.1, 0.15) is 49.3 Å². The first kappa shape index (κ1) is 16.5. The largest absolute Gasteiger partial charge is 0.387 e. The van der Waals surface area contributed by atoms with Crippen LogP contribution in [0.25, 0.3) is 0 Å². The fourth-order valence-electron chi connectivity index (χ4n) is 4.25. The SMILES string of the molecule is Cc1ccc(C(O)CNC(=O)C2CC3CCCC(C2)C3N)cc1. The first-order valence-electron chi connectivity index (χ1n) is 8.82. The Morgan fingerprint density at radius 2 is 1.87 bits per heavy atom. The highest BCUT2D eigenvalue weighted by Gasteiger charge is 2.40. The number of nitrogens with one attached hydrogen (secondary N) is 1. The van der Waals surface area contributed by atoms with Crippen LogP contribution >= 0.6 is 0 Å². The van der Waals surface area contributed by atoms with Gasteiger partial charge in [-0.25, -0.2) is 0 Å². The summed E-state index contributed by atoms with van der Waals surface area (Å²) in [5.74, 6) is 1.15. The Kier molecular flexibility index (Phi) is 5.02. The van der Waals surface area contributed by atoms with Gasteiger partial charge in [-0.2, -0.15) is 0 Å². The second-order valence-electron chi connectivity index (χ2n) is 7.37. The zero-order chi connectivity index (χ0) is 16.4. The van der Waals surface area contributed by atoms with Gasteiger partial charge in [0.1, 0.15) is 0 Å². The van der Waals surface area contributed by atoms with E-state index in [1.807, 2.05) is 31.2 Å². The third-order valence-corrected chi connectivity index (χ3v) is 5.72. The summed E-state index contributed by atoms with van der Waals surface area (Å²) >= 11 is 0. The molecule has 3 atom stereocenters. The van der Waals surface area contributed by atoms with Crippen molar-refractivity contribution >= 4 is 5.91 Å². The van der Waals surface area contributed by atoms with Crippen LogP contribution in [0.15, 0.2) is 24.3 Å². The number of aryl methyl sites for hydroxylation is 1. The van der Waals surface area contributed by atoms with E-state index in [2.05, 4.69) is 5.32 Å². The van der Waals surface area contributed by atoms with Gasteiger partial charge in [0.25, 0.3) is 0 Å².